The highest BCUT2D eigenvalue weighted by Crippen LogP contribution is 2.20. The molecule has 0 aromatic heterocycles. The number of hydrogen-bond donors (Lipinski definition) is 0. The topological polar surface area (TPSA) is 3.24 Å². The molecule has 1 fully saturated rings. The molecule has 0 amide bonds. The quantitative estimate of drug-likeness (QED) is 0.792. The Bertz CT molecular complexity index is 334. The van der Waals surface area contributed by atoms with Gasteiger partial charge in [0.15, 0.2) is 0 Å². The van der Waals surface area contributed by atoms with Gasteiger partial charge in [-0.15, -0.1) is 0 Å². The van der Waals surface area contributed by atoms with Crippen molar-refractivity contribution in [2.45, 2.75) is 33.2 Å². The van der Waals surface area contributed by atoms with Gasteiger partial charge < -0.3 is 0 Å². The summed E-state index contributed by atoms with van der Waals surface area (Å²) in [5, 5.41) is 0. The van der Waals surface area contributed by atoms with E-state index in [0.29, 0.717) is 0 Å². The molecule has 2 heteroatoms. The summed E-state index contributed by atoms with van der Waals surface area (Å²) < 4.78 is 1.20. The zero-order valence-corrected chi connectivity index (χ0v) is 11.8. The molecule has 0 bridgehead atoms. The summed E-state index contributed by atoms with van der Waals surface area (Å²) in [6.45, 7) is 8.14. The SMILES string of the molecule is Cc1cc(Br)cc(CN2CCC(C)CC2)c1. The largest absolute Gasteiger partial charge is 0.299 e. The fraction of sp³-hybridized carbons (Fsp3) is 0.571. The number of nitrogens with zero attached hydrogens (tertiary/aromatic N) is 1. The number of likely N-dealkylation sites (tertiary alicyclic amines) is 1. The summed E-state index contributed by atoms with van der Waals surface area (Å²) in [4.78, 5) is 2.57. The summed E-state index contributed by atoms with van der Waals surface area (Å²) in [5.74, 6) is 0.917. The van der Waals surface area contributed by atoms with Gasteiger partial charge in [0.1, 0.15) is 0 Å². The van der Waals surface area contributed by atoms with Crippen molar-refractivity contribution in [1.29, 1.82) is 0 Å². The molecule has 1 saturated heterocycles. The highest BCUT2D eigenvalue weighted by atomic mass is 79.9. The van der Waals surface area contributed by atoms with Crippen molar-refractivity contribution < 1.29 is 0 Å². The van der Waals surface area contributed by atoms with Gasteiger partial charge in [0.25, 0.3) is 0 Å². The van der Waals surface area contributed by atoms with Gasteiger partial charge >= 0.3 is 0 Å². The van der Waals surface area contributed by atoms with E-state index in [0.717, 1.165) is 12.5 Å². The van der Waals surface area contributed by atoms with Gasteiger partial charge in [-0.1, -0.05) is 28.9 Å². The van der Waals surface area contributed by atoms with E-state index >= 15 is 0 Å². The van der Waals surface area contributed by atoms with Crippen LogP contribution in [0.25, 0.3) is 0 Å². The van der Waals surface area contributed by atoms with Crippen molar-refractivity contribution >= 4 is 15.9 Å². The lowest BCUT2D eigenvalue weighted by atomic mass is 9.99. The first kappa shape index (κ1) is 12.1. The fourth-order valence-electron chi connectivity index (χ4n) is 2.38. The second-order valence-electron chi connectivity index (χ2n) is 5.10. The third kappa shape index (κ3) is 3.33. The van der Waals surface area contributed by atoms with Crippen LogP contribution in [-0.4, -0.2) is 18.0 Å². The molecule has 1 aromatic rings. The van der Waals surface area contributed by atoms with E-state index in [4.69, 9.17) is 0 Å². The van der Waals surface area contributed by atoms with Crippen LogP contribution in [0.1, 0.15) is 30.9 Å². The van der Waals surface area contributed by atoms with Crippen LogP contribution in [-0.2, 0) is 6.54 Å². The maximum atomic E-state index is 3.57. The Kier molecular flexibility index (Phi) is 4.04. The van der Waals surface area contributed by atoms with E-state index in [-0.39, 0.29) is 0 Å². The number of piperidine rings is 1. The zero-order chi connectivity index (χ0) is 11.5. The molecule has 1 aliphatic rings. The highest BCUT2D eigenvalue weighted by Gasteiger charge is 2.15. The maximum Gasteiger partial charge on any atom is 0.0234 e. The predicted molar refractivity (Wildman–Crippen MR) is 72.6 cm³/mol. The molecule has 1 aromatic carbocycles. The first-order valence-electron chi connectivity index (χ1n) is 6.12. The number of hydrogen-bond acceptors (Lipinski definition) is 1. The fourth-order valence-corrected chi connectivity index (χ4v) is 3.04. The van der Waals surface area contributed by atoms with Crippen LogP contribution in [0.2, 0.25) is 0 Å². The molecule has 1 heterocycles. The molecule has 1 aliphatic heterocycles. The van der Waals surface area contributed by atoms with Gasteiger partial charge in [-0.2, -0.15) is 0 Å². The highest BCUT2D eigenvalue weighted by molar-refractivity contribution is 9.10. The summed E-state index contributed by atoms with van der Waals surface area (Å²) in [5.41, 5.74) is 2.77. The van der Waals surface area contributed by atoms with E-state index in [1.165, 1.54) is 41.5 Å². The van der Waals surface area contributed by atoms with E-state index in [1.54, 1.807) is 0 Å². The predicted octanol–water partition coefficient (Wildman–Crippen LogP) is 3.99. The molecule has 0 N–H and O–H groups in total. The first-order chi connectivity index (χ1) is 7.63. The third-order valence-corrected chi connectivity index (χ3v) is 3.84. The molecule has 2 rings (SSSR count). The molecular weight excluding hydrogens is 262 g/mol. The van der Waals surface area contributed by atoms with Crippen molar-refractivity contribution in [2.75, 3.05) is 13.1 Å². The monoisotopic (exact) mass is 281 g/mol. The second kappa shape index (κ2) is 5.33. The van der Waals surface area contributed by atoms with Crippen LogP contribution >= 0.6 is 15.9 Å². The number of benzene rings is 1. The lowest BCUT2D eigenvalue weighted by Crippen LogP contribution is -2.32. The summed E-state index contributed by atoms with van der Waals surface area (Å²) in [6, 6.07) is 6.70. The molecule has 16 heavy (non-hydrogen) atoms. The second-order valence-corrected chi connectivity index (χ2v) is 6.01. The van der Waals surface area contributed by atoms with Crippen molar-refractivity contribution in [2.24, 2.45) is 5.92 Å². The van der Waals surface area contributed by atoms with E-state index in [1.807, 2.05) is 0 Å². The van der Waals surface area contributed by atoms with Crippen LogP contribution in [0, 0.1) is 12.8 Å². The van der Waals surface area contributed by atoms with Gasteiger partial charge in [-0.3, -0.25) is 4.90 Å². The van der Waals surface area contributed by atoms with E-state index in [9.17, 15) is 0 Å². The molecule has 0 saturated carbocycles. The minimum atomic E-state index is 0.917. The molecule has 0 atom stereocenters. The van der Waals surface area contributed by atoms with Crippen LogP contribution in [0.15, 0.2) is 22.7 Å². The Hall–Kier alpha value is -0.340. The van der Waals surface area contributed by atoms with Gasteiger partial charge in [-0.25, -0.2) is 0 Å². The number of rotatable bonds is 2. The molecule has 1 nitrogen and oxygen atoms in total. The van der Waals surface area contributed by atoms with Crippen molar-refractivity contribution in [1.82, 2.24) is 4.90 Å². The molecule has 88 valence electrons. The van der Waals surface area contributed by atoms with E-state index in [2.05, 4.69) is 52.9 Å². The average Bonchev–Trinajstić information content (AvgIpc) is 2.20. The Morgan fingerprint density at radius 1 is 1.25 bits per heavy atom. The standard InChI is InChI=1S/C14H20BrN/c1-11-3-5-16(6-4-11)10-13-7-12(2)8-14(15)9-13/h7-9,11H,3-6,10H2,1-2H3. The van der Waals surface area contributed by atoms with E-state index < -0.39 is 0 Å². The van der Waals surface area contributed by atoms with Crippen LogP contribution < -0.4 is 0 Å². The van der Waals surface area contributed by atoms with Gasteiger partial charge in [0.05, 0.1) is 0 Å². The third-order valence-electron chi connectivity index (χ3n) is 3.38. The van der Waals surface area contributed by atoms with Gasteiger partial charge in [0.2, 0.25) is 0 Å². The van der Waals surface area contributed by atoms with Crippen LogP contribution in [0.4, 0.5) is 0 Å². The lowest BCUT2D eigenvalue weighted by molar-refractivity contribution is 0.185. The van der Waals surface area contributed by atoms with Crippen molar-refractivity contribution in [3.05, 3.63) is 33.8 Å². The minimum Gasteiger partial charge on any atom is -0.299 e. The first-order valence-corrected chi connectivity index (χ1v) is 6.91. The Labute approximate surface area is 107 Å². The molecule has 0 unspecified atom stereocenters. The minimum absolute atomic E-state index is 0.917. The summed E-state index contributed by atoms with van der Waals surface area (Å²) in [7, 11) is 0. The summed E-state index contributed by atoms with van der Waals surface area (Å²) in [6.07, 6.45) is 2.71. The Morgan fingerprint density at radius 3 is 2.56 bits per heavy atom. The van der Waals surface area contributed by atoms with Crippen LogP contribution in [0.3, 0.4) is 0 Å². The average molecular weight is 282 g/mol. The molecule has 0 radical (unpaired) electrons. The molecule has 0 aliphatic carbocycles. The smallest absolute Gasteiger partial charge is 0.0234 e. The van der Waals surface area contributed by atoms with Crippen molar-refractivity contribution in [3.63, 3.8) is 0 Å². The number of halogens is 1. The molecule has 0 spiro atoms. The Morgan fingerprint density at radius 2 is 1.94 bits per heavy atom. The number of aryl methyl sites for hydroxylation is 1. The maximum absolute atomic E-state index is 3.57. The summed E-state index contributed by atoms with van der Waals surface area (Å²) >= 11 is 3.57. The van der Waals surface area contributed by atoms with Gasteiger partial charge in [0, 0.05) is 11.0 Å². The van der Waals surface area contributed by atoms with Crippen LogP contribution in [0.5, 0.6) is 0 Å². The zero-order valence-electron chi connectivity index (χ0n) is 10.2. The van der Waals surface area contributed by atoms with Crippen molar-refractivity contribution in [3.8, 4) is 0 Å². The lowest BCUT2D eigenvalue weighted by Gasteiger charge is -2.30. The molecular formula is C14H20BrN. The van der Waals surface area contributed by atoms with Gasteiger partial charge in [-0.05, 0) is 62.0 Å². The Balaban J connectivity index is 1.98. The normalized spacial score (nSPS) is 18.9.